The Morgan fingerprint density at radius 2 is 1.77 bits per heavy atom. The highest BCUT2D eigenvalue weighted by Gasteiger charge is 2.17. The zero-order valence-electron chi connectivity index (χ0n) is 19.5. The summed E-state index contributed by atoms with van der Waals surface area (Å²) in [6.07, 6.45) is 4.30. The summed E-state index contributed by atoms with van der Waals surface area (Å²) in [6.45, 7) is 4.13. The van der Waals surface area contributed by atoms with Crippen LogP contribution < -0.4 is 19.2 Å². The largest absolute Gasteiger partial charge is 0.493 e. The molecule has 3 aromatic carbocycles. The minimum absolute atomic E-state index is 0.150. The molecule has 0 bridgehead atoms. The van der Waals surface area contributed by atoms with Gasteiger partial charge in [-0.25, -0.2) is 13.8 Å². The second kappa shape index (κ2) is 11.8. The number of benzene rings is 3. The number of nitrogens with one attached hydrogen (secondary N) is 1. The van der Waals surface area contributed by atoms with Crippen molar-refractivity contribution >= 4 is 27.8 Å². The zero-order valence-corrected chi connectivity index (χ0v) is 20.4. The molecule has 0 unspecified atom stereocenters. The first kappa shape index (κ1) is 25.5. The molecule has 0 saturated carbocycles. The van der Waals surface area contributed by atoms with E-state index in [2.05, 4.69) is 17.1 Å². The summed E-state index contributed by atoms with van der Waals surface area (Å²) in [7, 11) is -1.94. The van der Waals surface area contributed by atoms with Crippen molar-refractivity contribution in [2.24, 2.45) is 5.10 Å². The number of amides is 1. The minimum atomic E-state index is -3.48. The van der Waals surface area contributed by atoms with Crippen LogP contribution in [0.1, 0.15) is 21.5 Å². The first-order valence-electron chi connectivity index (χ1n) is 10.7. The van der Waals surface area contributed by atoms with Gasteiger partial charge in [0.25, 0.3) is 5.91 Å². The number of methoxy groups -OCH3 is 1. The molecule has 0 spiro atoms. The molecule has 1 amide bonds. The summed E-state index contributed by atoms with van der Waals surface area (Å²) >= 11 is 0. The predicted molar refractivity (Wildman–Crippen MR) is 138 cm³/mol. The molecule has 0 radical (unpaired) electrons. The minimum Gasteiger partial charge on any atom is -0.493 e. The maximum absolute atomic E-state index is 12.5. The molecule has 9 heteroatoms. The molecule has 0 atom stereocenters. The van der Waals surface area contributed by atoms with Crippen LogP contribution in [0, 0.1) is 0 Å². The summed E-state index contributed by atoms with van der Waals surface area (Å²) in [5, 5.41) is 4.00. The number of carbonyl (C=O) groups excluding carboxylic acids is 1. The van der Waals surface area contributed by atoms with Crippen LogP contribution in [-0.2, 0) is 16.6 Å². The van der Waals surface area contributed by atoms with Crippen LogP contribution >= 0.6 is 0 Å². The lowest BCUT2D eigenvalue weighted by Crippen LogP contribution is -2.29. The fourth-order valence-electron chi connectivity index (χ4n) is 3.18. The summed E-state index contributed by atoms with van der Waals surface area (Å²) < 4.78 is 36.7. The molecule has 8 nitrogen and oxygen atoms in total. The number of nitrogens with zero attached hydrogens (tertiary/aromatic N) is 2. The van der Waals surface area contributed by atoms with Crippen molar-refractivity contribution in [3.63, 3.8) is 0 Å². The van der Waals surface area contributed by atoms with Crippen LogP contribution in [-0.4, -0.2) is 40.5 Å². The lowest BCUT2D eigenvalue weighted by Gasteiger charge is -2.22. The Labute approximate surface area is 205 Å². The van der Waals surface area contributed by atoms with Gasteiger partial charge >= 0.3 is 0 Å². The monoisotopic (exact) mass is 493 g/mol. The summed E-state index contributed by atoms with van der Waals surface area (Å²) in [4.78, 5) is 12.5. The smallest absolute Gasteiger partial charge is 0.271 e. The molecular formula is C26H27N3O5S. The average molecular weight is 494 g/mol. The van der Waals surface area contributed by atoms with Gasteiger partial charge in [-0.15, -0.1) is 0 Å². The van der Waals surface area contributed by atoms with E-state index in [9.17, 15) is 13.2 Å². The topological polar surface area (TPSA) is 97.3 Å². The van der Waals surface area contributed by atoms with E-state index in [0.29, 0.717) is 34.9 Å². The van der Waals surface area contributed by atoms with Crippen molar-refractivity contribution in [2.75, 3.05) is 24.3 Å². The second-order valence-corrected chi connectivity index (χ2v) is 9.42. The lowest BCUT2D eigenvalue weighted by atomic mass is 10.1. The van der Waals surface area contributed by atoms with Gasteiger partial charge in [0, 0.05) is 5.56 Å². The van der Waals surface area contributed by atoms with E-state index in [1.807, 2.05) is 6.07 Å². The van der Waals surface area contributed by atoms with Crippen LogP contribution in [0.5, 0.6) is 11.5 Å². The number of carbonyl (C=O) groups is 1. The molecule has 0 aliphatic carbocycles. The van der Waals surface area contributed by atoms with Gasteiger partial charge in [-0.2, -0.15) is 5.10 Å². The van der Waals surface area contributed by atoms with Gasteiger partial charge in [-0.1, -0.05) is 43.0 Å². The van der Waals surface area contributed by atoms with E-state index in [1.165, 1.54) is 17.6 Å². The highest BCUT2D eigenvalue weighted by Crippen LogP contribution is 2.27. The second-order valence-electron chi connectivity index (χ2n) is 7.51. The number of ether oxygens (including phenoxy) is 2. The molecule has 0 aliphatic heterocycles. The first-order chi connectivity index (χ1) is 16.8. The van der Waals surface area contributed by atoms with Gasteiger partial charge in [0.15, 0.2) is 11.5 Å². The van der Waals surface area contributed by atoms with Crippen molar-refractivity contribution in [1.82, 2.24) is 5.43 Å². The average Bonchev–Trinajstić information content (AvgIpc) is 2.86. The number of para-hydroxylation sites is 1. The number of sulfonamides is 1. The van der Waals surface area contributed by atoms with E-state index >= 15 is 0 Å². The lowest BCUT2D eigenvalue weighted by molar-refractivity contribution is 0.0955. The highest BCUT2D eigenvalue weighted by atomic mass is 32.2. The van der Waals surface area contributed by atoms with Gasteiger partial charge < -0.3 is 9.47 Å². The van der Waals surface area contributed by atoms with Crippen molar-refractivity contribution in [1.29, 1.82) is 0 Å². The quantitative estimate of drug-likeness (QED) is 0.248. The highest BCUT2D eigenvalue weighted by molar-refractivity contribution is 7.92. The summed E-state index contributed by atoms with van der Waals surface area (Å²) in [5.74, 6) is 0.723. The van der Waals surface area contributed by atoms with E-state index < -0.39 is 15.9 Å². The summed E-state index contributed by atoms with van der Waals surface area (Å²) in [6, 6.07) is 20.8. The molecule has 0 heterocycles. The van der Waals surface area contributed by atoms with E-state index in [0.717, 1.165) is 11.8 Å². The third-order valence-corrected chi connectivity index (χ3v) is 6.05. The van der Waals surface area contributed by atoms with Gasteiger partial charge in [-0.05, 0) is 53.6 Å². The maximum atomic E-state index is 12.5. The van der Waals surface area contributed by atoms with Crippen LogP contribution in [0.3, 0.4) is 0 Å². The summed E-state index contributed by atoms with van der Waals surface area (Å²) in [5.41, 5.74) is 4.90. The Balaban J connectivity index is 1.64. The molecule has 35 heavy (non-hydrogen) atoms. The molecule has 0 fully saturated rings. The predicted octanol–water partition coefficient (Wildman–Crippen LogP) is 3.99. The number of rotatable bonds is 11. The number of hydrogen-bond donors (Lipinski definition) is 1. The molecule has 0 aliphatic rings. The zero-order chi connectivity index (χ0) is 25.3. The Morgan fingerprint density at radius 3 is 2.40 bits per heavy atom. The van der Waals surface area contributed by atoms with Crippen molar-refractivity contribution in [2.45, 2.75) is 6.54 Å². The third kappa shape index (κ3) is 7.18. The number of hydrogen-bond acceptors (Lipinski definition) is 6. The fraction of sp³-hybridized carbons (Fsp3) is 0.154. The van der Waals surface area contributed by atoms with Gasteiger partial charge in [0.05, 0.1) is 31.8 Å². The van der Waals surface area contributed by atoms with Gasteiger partial charge in [0.1, 0.15) is 6.61 Å². The van der Waals surface area contributed by atoms with Crippen LogP contribution in [0.4, 0.5) is 5.69 Å². The molecule has 3 aromatic rings. The first-order valence-corrected chi connectivity index (χ1v) is 12.5. The van der Waals surface area contributed by atoms with Crippen molar-refractivity contribution in [3.05, 3.63) is 102 Å². The standard InChI is InChI=1S/C26H27N3O5S/c1-4-16-34-24-15-12-21(17-25(24)33-2)18-27-28-26(30)22-13-10-20(11-14-22)19-29(35(3,31)32)23-8-6-5-7-9-23/h4-15,17-18H,1,16,19H2,2-3H3,(H,28,30)/b27-18-. The van der Waals surface area contributed by atoms with E-state index in [-0.39, 0.29) is 6.54 Å². The maximum Gasteiger partial charge on any atom is 0.271 e. The Kier molecular flexibility index (Phi) is 8.63. The Hall–Kier alpha value is -4.11. The SMILES string of the molecule is C=CCOc1ccc(/C=N\NC(=O)c2ccc(CN(c3ccccc3)S(C)(=O)=O)cc2)cc1OC. The number of hydrazone groups is 1. The van der Waals surface area contributed by atoms with Gasteiger partial charge in [0.2, 0.25) is 10.0 Å². The van der Waals surface area contributed by atoms with Crippen LogP contribution in [0.2, 0.25) is 0 Å². The van der Waals surface area contributed by atoms with E-state index in [1.54, 1.807) is 72.8 Å². The van der Waals surface area contributed by atoms with Crippen molar-refractivity contribution < 1.29 is 22.7 Å². The van der Waals surface area contributed by atoms with E-state index in [4.69, 9.17) is 9.47 Å². The molecule has 3 rings (SSSR count). The Bertz CT molecular complexity index is 1290. The van der Waals surface area contributed by atoms with Crippen LogP contribution in [0.15, 0.2) is 90.6 Å². The molecule has 0 saturated heterocycles. The normalized spacial score (nSPS) is 11.1. The van der Waals surface area contributed by atoms with Crippen LogP contribution in [0.25, 0.3) is 0 Å². The fourth-order valence-corrected chi connectivity index (χ4v) is 4.07. The van der Waals surface area contributed by atoms with Gasteiger partial charge in [-0.3, -0.25) is 9.10 Å². The number of anilines is 1. The van der Waals surface area contributed by atoms with Crippen molar-refractivity contribution in [3.8, 4) is 11.5 Å². The molecule has 1 N–H and O–H groups in total. The third-order valence-electron chi connectivity index (χ3n) is 4.91. The Morgan fingerprint density at radius 1 is 1.06 bits per heavy atom. The molecular weight excluding hydrogens is 466 g/mol. The molecule has 182 valence electrons. The molecule has 0 aromatic heterocycles.